The Morgan fingerprint density at radius 2 is 1.94 bits per heavy atom. The lowest BCUT2D eigenvalue weighted by Gasteiger charge is -2.35. The minimum Gasteiger partial charge on any atom is -0.372 e. The number of sulfonamides is 1. The zero-order valence-corrected chi connectivity index (χ0v) is 19.3. The highest BCUT2D eigenvalue weighted by atomic mass is 32.2. The van der Waals surface area contributed by atoms with Gasteiger partial charge in [0.1, 0.15) is 12.1 Å². The van der Waals surface area contributed by atoms with Crippen molar-refractivity contribution in [2.75, 3.05) is 36.8 Å². The summed E-state index contributed by atoms with van der Waals surface area (Å²) < 4.78 is 32.2. The number of anilines is 1. The summed E-state index contributed by atoms with van der Waals surface area (Å²) in [6.07, 6.45) is 7.58. The maximum absolute atomic E-state index is 12.1. The average Bonchev–Trinajstić information content (AvgIpc) is 3.36. The molecule has 2 N–H and O–H groups in total. The van der Waals surface area contributed by atoms with Crippen LogP contribution in [0.5, 0.6) is 0 Å². The fourth-order valence-corrected chi connectivity index (χ4v) is 6.28. The number of piperazine rings is 1. The van der Waals surface area contributed by atoms with Crippen molar-refractivity contribution in [1.82, 2.24) is 25.1 Å². The highest BCUT2D eigenvalue weighted by Gasteiger charge is 2.46. The number of hydrogen-bond donors (Lipinski definition) is 2. The zero-order chi connectivity index (χ0) is 21.6. The van der Waals surface area contributed by atoms with Crippen molar-refractivity contribution in [2.24, 2.45) is 5.92 Å². The van der Waals surface area contributed by atoms with Gasteiger partial charge in [-0.15, -0.1) is 0 Å². The molecule has 0 amide bonds. The van der Waals surface area contributed by atoms with Crippen LogP contribution in [0.2, 0.25) is 0 Å². The predicted molar refractivity (Wildman–Crippen MR) is 118 cm³/mol. The molecule has 2 saturated heterocycles. The van der Waals surface area contributed by atoms with Crippen molar-refractivity contribution in [3.8, 4) is 0 Å². The van der Waals surface area contributed by atoms with E-state index in [-0.39, 0.29) is 17.4 Å². The quantitative estimate of drug-likeness (QED) is 0.667. The van der Waals surface area contributed by atoms with E-state index in [1.165, 1.54) is 12.8 Å². The molecular weight excluding hydrogens is 416 g/mol. The van der Waals surface area contributed by atoms with E-state index in [0.29, 0.717) is 44.2 Å². The number of nitrogens with one attached hydrogen (secondary N) is 2. The molecule has 0 spiro atoms. The molecule has 5 rings (SSSR count). The summed E-state index contributed by atoms with van der Waals surface area (Å²) in [6, 6.07) is 2.64. The molecule has 31 heavy (non-hydrogen) atoms. The van der Waals surface area contributed by atoms with Crippen LogP contribution in [0.15, 0.2) is 12.4 Å². The molecule has 2 aliphatic heterocycles. The van der Waals surface area contributed by atoms with E-state index in [0.717, 1.165) is 30.8 Å². The van der Waals surface area contributed by atoms with Gasteiger partial charge in [-0.1, -0.05) is 0 Å². The van der Waals surface area contributed by atoms with Crippen molar-refractivity contribution in [2.45, 2.75) is 69.7 Å². The van der Waals surface area contributed by atoms with E-state index in [2.05, 4.69) is 38.7 Å². The second-order valence-corrected chi connectivity index (χ2v) is 11.9. The molecule has 10 heteroatoms. The van der Waals surface area contributed by atoms with Crippen LogP contribution in [0.4, 0.5) is 5.82 Å². The van der Waals surface area contributed by atoms with Gasteiger partial charge in [-0.05, 0) is 46.0 Å². The second kappa shape index (κ2) is 8.22. The summed E-state index contributed by atoms with van der Waals surface area (Å²) >= 11 is 0. The largest absolute Gasteiger partial charge is 0.372 e. The maximum Gasteiger partial charge on any atom is 0.213 e. The summed E-state index contributed by atoms with van der Waals surface area (Å²) in [4.78, 5) is 11.3. The van der Waals surface area contributed by atoms with Crippen LogP contribution in [-0.2, 0) is 14.8 Å². The van der Waals surface area contributed by atoms with Gasteiger partial charge in [-0.25, -0.2) is 23.8 Å². The number of hydrogen-bond acceptors (Lipinski definition) is 8. The summed E-state index contributed by atoms with van der Waals surface area (Å²) in [7, 11) is -3.13. The number of ether oxygens (including phenoxy) is 1. The maximum atomic E-state index is 12.1. The molecule has 4 fully saturated rings. The van der Waals surface area contributed by atoms with Crippen LogP contribution in [-0.4, -0.2) is 72.4 Å². The highest BCUT2D eigenvalue weighted by Crippen LogP contribution is 2.45. The number of nitrogens with zero attached hydrogens (tertiary/aromatic N) is 4. The third-order valence-corrected chi connectivity index (χ3v) is 9.30. The summed E-state index contributed by atoms with van der Waals surface area (Å²) in [6.45, 7) is 6.21. The first-order valence-corrected chi connectivity index (χ1v) is 13.2. The summed E-state index contributed by atoms with van der Waals surface area (Å²) in [5.41, 5.74) is 8.06. The molecule has 1 aromatic rings. The van der Waals surface area contributed by atoms with Crippen molar-refractivity contribution in [3.63, 3.8) is 0 Å². The van der Waals surface area contributed by atoms with Gasteiger partial charge in [0, 0.05) is 44.2 Å². The molecule has 1 aromatic heterocycles. The van der Waals surface area contributed by atoms with E-state index in [1.807, 2.05) is 0 Å². The number of aromatic nitrogens is 2. The van der Waals surface area contributed by atoms with Crippen molar-refractivity contribution >= 4 is 15.8 Å². The fraction of sp³-hybridized carbons (Fsp3) is 0.810. The Morgan fingerprint density at radius 1 is 1.16 bits per heavy atom. The first-order valence-electron chi connectivity index (χ1n) is 11.6. The first-order chi connectivity index (χ1) is 14.9. The lowest BCUT2D eigenvalue weighted by Crippen LogP contribution is -2.49. The number of rotatable bonds is 6. The lowest BCUT2D eigenvalue weighted by molar-refractivity contribution is -0.0500. The SMILES string of the molecule is CCS(=O)(=O)N1CCN(c2cc(C3NNC4CCC(OC5(C)CC5)CC43)ncn2)CC1. The summed E-state index contributed by atoms with van der Waals surface area (Å²) in [5, 5.41) is 0. The Bertz CT molecular complexity index is 900. The van der Waals surface area contributed by atoms with Gasteiger partial charge in [0.05, 0.1) is 29.2 Å². The monoisotopic (exact) mass is 450 g/mol. The smallest absolute Gasteiger partial charge is 0.213 e. The lowest BCUT2D eigenvalue weighted by atomic mass is 9.79. The van der Waals surface area contributed by atoms with E-state index in [9.17, 15) is 8.42 Å². The standard InChI is InChI=1S/C21H34N6O3S/c1-3-31(28,29)27-10-8-26(9-11-27)19-13-18(22-14-23-19)20-16-12-15(30-21(2)6-7-21)4-5-17(16)24-25-20/h13-17,20,24-25H,3-12H2,1-2H3. The van der Waals surface area contributed by atoms with E-state index < -0.39 is 10.0 Å². The number of fused-ring (bicyclic) bond motifs is 1. The molecule has 2 saturated carbocycles. The Hall–Kier alpha value is -1.33. The van der Waals surface area contributed by atoms with Crippen LogP contribution in [0.25, 0.3) is 0 Å². The third-order valence-electron chi connectivity index (χ3n) is 7.42. The van der Waals surface area contributed by atoms with Crippen molar-refractivity contribution in [3.05, 3.63) is 18.1 Å². The van der Waals surface area contributed by atoms with E-state index in [4.69, 9.17) is 4.74 Å². The van der Waals surface area contributed by atoms with Crippen LogP contribution in [0, 0.1) is 5.92 Å². The van der Waals surface area contributed by atoms with Crippen molar-refractivity contribution in [1.29, 1.82) is 0 Å². The second-order valence-electron chi connectivity index (χ2n) is 9.63. The zero-order valence-electron chi connectivity index (χ0n) is 18.5. The Balaban J connectivity index is 1.26. The topological polar surface area (TPSA) is 99.7 Å². The molecule has 4 atom stereocenters. The molecule has 0 bridgehead atoms. The van der Waals surface area contributed by atoms with Gasteiger partial charge in [0.15, 0.2) is 0 Å². The van der Waals surface area contributed by atoms with Crippen LogP contribution < -0.4 is 15.8 Å². The number of hydrazine groups is 1. The molecule has 4 aliphatic rings. The van der Waals surface area contributed by atoms with Gasteiger partial charge < -0.3 is 9.64 Å². The van der Waals surface area contributed by atoms with Gasteiger partial charge in [0.25, 0.3) is 0 Å². The van der Waals surface area contributed by atoms with Gasteiger partial charge in [0.2, 0.25) is 10.0 Å². The van der Waals surface area contributed by atoms with Gasteiger partial charge in [-0.2, -0.15) is 4.31 Å². The molecule has 3 heterocycles. The third kappa shape index (κ3) is 4.45. The molecule has 0 aromatic carbocycles. The molecule has 0 radical (unpaired) electrons. The predicted octanol–water partition coefficient (Wildman–Crippen LogP) is 1.20. The molecule has 4 unspecified atom stereocenters. The minimum absolute atomic E-state index is 0.113. The van der Waals surface area contributed by atoms with Crippen LogP contribution in [0.1, 0.15) is 57.7 Å². The average molecular weight is 451 g/mol. The molecule has 172 valence electrons. The van der Waals surface area contributed by atoms with Crippen molar-refractivity contribution < 1.29 is 13.2 Å². The molecular formula is C21H34N6O3S. The fourth-order valence-electron chi connectivity index (χ4n) is 5.20. The summed E-state index contributed by atoms with van der Waals surface area (Å²) in [5.74, 6) is 1.46. The first kappa shape index (κ1) is 21.5. The van der Waals surface area contributed by atoms with E-state index in [1.54, 1.807) is 17.6 Å². The van der Waals surface area contributed by atoms with Crippen LogP contribution in [0.3, 0.4) is 0 Å². The van der Waals surface area contributed by atoms with E-state index >= 15 is 0 Å². The van der Waals surface area contributed by atoms with Crippen LogP contribution >= 0.6 is 0 Å². The Labute approximate surface area is 185 Å². The Morgan fingerprint density at radius 3 is 2.65 bits per heavy atom. The normalized spacial score (nSPS) is 33.3. The molecule has 2 aliphatic carbocycles. The minimum atomic E-state index is -3.13. The highest BCUT2D eigenvalue weighted by molar-refractivity contribution is 7.89. The van der Waals surface area contributed by atoms with Gasteiger partial charge in [-0.3, -0.25) is 5.43 Å². The molecule has 9 nitrogen and oxygen atoms in total. The Kier molecular flexibility index (Phi) is 5.71. The van der Waals surface area contributed by atoms with Gasteiger partial charge >= 0.3 is 0 Å².